The van der Waals surface area contributed by atoms with Gasteiger partial charge in [0.25, 0.3) is 0 Å². The quantitative estimate of drug-likeness (QED) is 0.695. The fourth-order valence-corrected chi connectivity index (χ4v) is 3.76. The molecule has 0 bridgehead atoms. The molecule has 3 aromatic rings. The molecule has 9 heteroatoms. The first-order valence-electron chi connectivity index (χ1n) is 9.55. The normalized spacial score (nSPS) is 15.6. The third-order valence-electron chi connectivity index (χ3n) is 5.38. The van der Waals surface area contributed by atoms with Crippen LogP contribution in [0.3, 0.4) is 0 Å². The van der Waals surface area contributed by atoms with E-state index in [4.69, 9.17) is 16.6 Å². The Hall–Kier alpha value is -2.58. The predicted octanol–water partition coefficient (Wildman–Crippen LogP) is 3.79. The Morgan fingerprint density at radius 3 is 2.66 bits per heavy atom. The van der Waals surface area contributed by atoms with E-state index in [1.165, 1.54) is 18.5 Å². The van der Waals surface area contributed by atoms with Gasteiger partial charge in [-0.3, -0.25) is 0 Å². The molecule has 0 aliphatic carbocycles. The second-order valence-corrected chi connectivity index (χ2v) is 7.83. The zero-order chi connectivity index (χ0) is 20.5. The molecule has 29 heavy (non-hydrogen) atoms. The van der Waals surface area contributed by atoms with Crippen LogP contribution in [-0.2, 0) is 0 Å². The van der Waals surface area contributed by atoms with E-state index in [0.29, 0.717) is 34.5 Å². The molecule has 1 N–H and O–H groups in total. The van der Waals surface area contributed by atoms with E-state index in [-0.39, 0.29) is 5.02 Å². The molecule has 1 aliphatic rings. The van der Waals surface area contributed by atoms with Crippen molar-refractivity contribution in [3.05, 3.63) is 41.1 Å². The van der Waals surface area contributed by atoms with Crippen LogP contribution in [0.1, 0.15) is 18.5 Å². The zero-order valence-electron chi connectivity index (χ0n) is 16.7. The maximum atomic E-state index is 13.5. The first kappa shape index (κ1) is 19.7. The molecule has 0 amide bonds. The molecular formula is C20H23ClFN7. The van der Waals surface area contributed by atoms with E-state index in [9.17, 15) is 4.39 Å². The van der Waals surface area contributed by atoms with E-state index in [1.807, 2.05) is 14.0 Å². The summed E-state index contributed by atoms with van der Waals surface area (Å²) >= 11 is 5.90. The lowest BCUT2D eigenvalue weighted by molar-refractivity contribution is 0.252. The molecule has 0 saturated carbocycles. The van der Waals surface area contributed by atoms with E-state index < -0.39 is 5.82 Å². The summed E-state index contributed by atoms with van der Waals surface area (Å²) in [4.78, 5) is 22.6. The molecule has 1 aromatic carbocycles. The number of anilines is 3. The van der Waals surface area contributed by atoms with Gasteiger partial charge in [0.1, 0.15) is 23.2 Å². The number of likely N-dealkylation sites (tertiary alicyclic amines) is 1. The van der Waals surface area contributed by atoms with Gasteiger partial charge < -0.3 is 15.1 Å². The number of aryl methyl sites for hydroxylation is 1. The molecular weight excluding hydrogens is 393 g/mol. The minimum absolute atomic E-state index is 0.0434. The Kier molecular flexibility index (Phi) is 5.47. The van der Waals surface area contributed by atoms with Crippen LogP contribution in [0.15, 0.2) is 24.5 Å². The summed E-state index contributed by atoms with van der Waals surface area (Å²) in [6, 6.07) is 4.83. The highest BCUT2D eigenvalue weighted by molar-refractivity contribution is 6.31. The monoisotopic (exact) mass is 415 g/mol. The predicted molar refractivity (Wildman–Crippen MR) is 113 cm³/mol. The van der Waals surface area contributed by atoms with E-state index in [0.717, 1.165) is 31.6 Å². The summed E-state index contributed by atoms with van der Waals surface area (Å²) in [7, 11) is 4.18. The lowest BCUT2D eigenvalue weighted by Gasteiger charge is -2.35. The van der Waals surface area contributed by atoms with Gasteiger partial charge >= 0.3 is 0 Å². The van der Waals surface area contributed by atoms with Crippen molar-refractivity contribution in [1.29, 1.82) is 0 Å². The van der Waals surface area contributed by atoms with Crippen LogP contribution in [0.2, 0.25) is 5.02 Å². The van der Waals surface area contributed by atoms with Crippen molar-refractivity contribution in [2.45, 2.75) is 25.8 Å². The fraction of sp³-hybridized carbons (Fsp3) is 0.400. The number of halogens is 2. The molecule has 0 radical (unpaired) electrons. The molecule has 0 atom stereocenters. The third kappa shape index (κ3) is 4.09. The lowest BCUT2D eigenvalue weighted by atomic mass is 10.0. The summed E-state index contributed by atoms with van der Waals surface area (Å²) < 4.78 is 13.5. The summed E-state index contributed by atoms with van der Waals surface area (Å²) in [6.45, 7) is 4.03. The van der Waals surface area contributed by atoms with Crippen LogP contribution >= 0.6 is 11.6 Å². The van der Waals surface area contributed by atoms with Gasteiger partial charge in [0.15, 0.2) is 5.82 Å². The Morgan fingerprint density at radius 2 is 1.93 bits per heavy atom. The number of benzene rings is 1. The zero-order valence-corrected chi connectivity index (χ0v) is 17.4. The molecule has 3 heterocycles. The highest BCUT2D eigenvalue weighted by atomic mass is 35.5. The molecule has 152 valence electrons. The maximum absolute atomic E-state index is 13.5. The standard InChI is InChI=1S/C20H23ClFN7/c1-12-17-18(27-20(25-12)29(3)14-6-8-28(2)9-7-14)19(24-11-23-17)26-13-4-5-16(22)15(21)10-13/h4-5,10-11,14H,6-9H2,1-3H3,(H,23,24,26). The van der Waals surface area contributed by atoms with Crippen LogP contribution in [0.5, 0.6) is 0 Å². The Bertz CT molecular complexity index is 1040. The van der Waals surface area contributed by atoms with Crippen LogP contribution in [-0.4, -0.2) is 58.1 Å². The summed E-state index contributed by atoms with van der Waals surface area (Å²) in [6.07, 6.45) is 3.60. The van der Waals surface area contributed by atoms with Crippen molar-refractivity contribution in [2.75, 3.05) is 37.4 Å². The number of piperidine rings is 1. The maximum Gasteiger partial charge on any atom is 0.226 e. The van der Waals surface area contributed by atoms with Gasteiger partial charge in [-0.05, 0) is 58.1 Å². The second kappa shape index (κ2) is 8.04. The van der Waals surface area contributed by atoms with Gasteiger partial charge in [0.2, 0.25) is 5.95 Å². The minimum atomic E-state index is -0.468. The Labute approximate surface area is 174 Å². The number of nitrogens with zero attached hydrogens (tertiary/aromatic N) is 6. The topological polar surface area (TPSA) is 70.1 Å². The molecule has 1 aliphatic heterocycles. The number of rotatable bonds is 4. The van der Waals surface area contributed by atoms with E-state index >= 15 is 0 Å². The second-order valence-electron chi connectivity index (χ2n) is 7.43. The van der Waals surface area contributed by atoms with Crippen LogP contribution in [0, 0.1) is 12.7 Å². The molecule has 0 spiro atoms. The van der Waals surface area contributed by atoms with Crippen molar-refractivity contribution >= 4 is 40.1 Å². The highest BCUT2D eigenvalue weighted by Gasteiger charge is 2.23. The Balaban J connectivity index is 1.69. The first-order valence-corrected chi connectivity index (χ1v) is 9.93. The van der Waals surface area contributed by atoms with Crippen molar-refractivity contribution < 1.29 is 4.39 Å². The third-order valence-corrected chi connectivity index (χ3v) is 5.67. The summed E-state index contributed by atoms with van der Waals surface area (Å²) in [5.74, 6) is 0.714. The summed E-state index contributed by atoms with van der Waals surface area (Å²) in [5, 5.41) is 3.22. The minimum Gasteiger partial charge on any atom is -0.341 e. The van der Waals surface area contributed by atoms with E-state index in [1.54, 1.807) is 6.07 Å². The number of nitrogens with one attached hydrogen (secondary N) is 1. The van der Waals surface area contributed by atoms with Crippen LogP contribution in [0.25, 0.3) is 11.0 Å². The van der Waals surface area contributed by atoms with Gasteiger partial charge in [-0.2, -0.15) is 0 Å². The van der Waals surface area contributed by atoms with Gasteiger partial charge in [-0.15, -0.1) is 0 Å². The number of aromatic nitrogens is 4. The summed E-state index contributed by atoms with van der Waals surface area (Å²) in [5.41, 5.74) is 2.71. The SMILES string of the molecule is Cc1nc(N(C)C2CCN(C)CC2)nc2c(Nc3ccc(F)c(Cl)c3)ncnc12. The largest absolute Gasteiger partial charge is 0.341 e. The van der Waals surface area contributed by atoms with Crippen molar-refractivity contribution in [2.24, 2.45) is 0 Å². The van der Waals surface area contributed by atoms with Crippen molar-refractivity contribution in [3.63, 3.8) is 0 Å². The lowest BCUT2D eigenvalue weighted by Crippen LogP contribution is -2.42. The highest BCUT2D eigenvalue weighted by Crippen LogP contribution is 2.28. The van der Waals surface area contributed by atoms with Crippen molar-refractivity contribution in [3.8, 4) is 0 Å². The molecule has 1 saturated heterocycles. The van der Waals surface area contributed by atoms with E-state index in [2.05, 4.69) is 37.1 Å². The molecule has 0 unspecified atom stereocenters. The molecule has 1 fully saturated rings. The van der Waals surface area contributed by atoms with Gasteiger partial charge in [0, 0.05) is 18.8 Å². The van der Waals surface area contributed by atoms with Gasteiger partial charge in [-0.25, -0.2) is 24.3 Å². The average molecular weight is 416 g/mol. The number of hydrogen-bond donors (Lipinski definition) is 1. The number of fused-ring (bicyclic) bond motifs is 1. The van der Waals surface area contributed by atoms with Gasteiger partial charge in [0.05, 0.1) is 10.7 Å². The first-order chi connectivity index (χ1) is 13.9. The fourth-order valence-electron chi connectivity index (χ4n) is 3.58. The van der Waals surface area contributed by atoms with Crippen LogP contribution < -0.4 is 10.2 Å². The molecule has 4 rings (SSSR count). The van der Waals surface area contributed by atoms with Crippen LogP contribution in [0.4, 0.5) is 21.8 Å². The van der Waals surface area contributed by atoms with Crippen molar-refractivity contribution in [1.82, 2.24) is 24.8 Å². The Morgan fingerprint density at radius 1 is 1.17 bits per heavy atom. The number of hydrogen-bond acceptors (Lipinski definition) is 7. The average Bonchev–Trinajstić information content (AvgIpc) is 2.71. The molecule has 2 aromatic heterocycles. The smallest absolute Gasteiger partial charge is 0.226 e. The van der Waals surface area contributed by atoms with Gasteiger partial charge in [-0.1, -0.05) is 11.6 Å². The molecule has 7 nitrogen and oxygen atoms in total.